The number of rotatable bonds is 8. The normalized spacial score (nSPS) is 35.6. The van der Waals surface area contributed by atoms with E-state index in [1.54, 1.807) is 0 Å². The topological polar surface area (TPSA) is 102 Å². The number of nitrogens with one attached hydrogen (secondary N) is 1. The van der Waals surface area contributed by atoms with Crippen molar-refractivity contribution < 1.29 is 27.6 Å². The lowest BCUT2D eigenvalue weighted by Crippen LogP contribution is -2.73. The van der Waals surface area contributed by atoms with Crippen molar-refractivity contribution in [2.45, 2.75) is 126 Å². The second kappa shape index (κ2) is 11.9. The van der Waals surface area contributed by atoms with Crippen LogP contribution in [-0.2, 0) is 29.1 Å². The third-order valence-corrected chi connectivity index (χ3v) is 20.1. The lowest BCUT2D eigenvalue weighted by atomic mass is 9.68. The quantitative estimate of drug-likeness (QED) is 0.209. The molecule has 1 aromatic carbocycles. The molecule has 1 saturated carbocycles. The van der Waals surface area contributed by atoms with Gasteiger partial charge < -0.3 is 22.8 Å². The number of halogens is 1. The molecule has 1 aromatic rings. The molecule has 3 heterocycles. The van der Waals surface area contributed by atoms with E-state index in [4.69, 9.17) is 22.5 Å². The van der Waals surface area contributed by atoms with E-state index in [0.29, 0.717) is 0 Å². The summed E-state index contributed by atoms with van der Waals surface area (Å²) in [4.78, 5) is 5.73. The summed E-state index contributed by atoms with van der Waals surface area (Å²) in [7, 11) is -5.89. The molecule has 11 heteroatoms. The Balaban J connectivity index is 1.88. The minimum absolute atomic E-state index is 0.113. The van der Waals surface area contributed by atoms with Gasteiger partial charge in [-0.05, 0) is 27.7 Å². The van der Waals surface area contributed by atoms with E-state index in [9.17, 15) is 10.4 Å². The largest absolute Gasteiger partial charge is 0.414 e. The smallest absolute Gasteiger partial charge is 0.335 e. The van der Waals surface area contributed by atoms with Crippen molar-refractivity contribution in [1.29, 1.82) is 5.26 Å². The molecule has 0 aromatic heterocycles. The first kappa shape index (κ1) is 31.3. The zero-order valence-corrected chi connectivity index (χ0v) is 28.0. The number of fused-ring (bicyclic) bond motifs is 3. The molecule has 7 atom stereocenters. The maximum atomic E-state index is 11.1. The SMILES string of the molecule is CC(C)[Si]1(C(C)C)OC2[C@H](O[Si](C(C)C)(C(C)C)O1)C1O[C@@H](O)CC2(NOCc2ccccc2)[C@H](C#N)C1Br. The van der Waals surface area contributed by atoms with Crippen LogP contribution in [0.25, 0.3) is 0 Å². The van der Waals surface area contributed by atoms with Crippen LogP contribution >= 0.6 is 15.9 Å². The number of aliphatic hydroxyl groups is 1. The summed E-state index contributed by atoms with van der Waals surface area (Å²) in [6.07, 6.45) is -2.80. The molecule has 218 valence electrons. The summed E-state index contributed by atoms with van der Waals surface area (Å²) < 4.78 is 28.2. The number of hydrogen-bond donors (Lipinski definition) is 2. The van der Waals surface area contributed by atoms with Gasteiger partial charge in [-0.2, -0.15) is 10.7 Å². The molecule has 8 nitrogen and oxygen atoms in total. The predicted octanol–water partition coefficient (Wildman–Crippen LogP) is 5.80. The Morgan fingerprint density at radius 2 is 1.56 bits per heavy atom. The van der Waals surface area contributed by atoms with Gasteiger partial charge in [-0.15, -0.1) is 0 Å². The monoisotopic (exact) mass is 640 g/mol. The molecule has 0 radical (unpaired) electrons. The zero-order chi connectivity index (χ0) is 28.8. The van der Waals surface area contributed by atoms with Gasteiger partial charge >= 0.3 is 17.1 Å². The van der Waals surface area contributed by atoms with Gasteiger partial charge in [0, 0.05) is 6.42 Å². The number of ether oxygens (including phenoxy) is 1. The second-order valence-electron chi connectivity index (χ2n) is 12.5. The Bertz CT molecular complexity index is 1010. The molecule has 3 saturated heterocycles. The highest BCUT2D eigenvalue weighted by Gasteiger charge is 2.71. The first-order valence-corrected chi connectivity index (χ1v) is 19.1. The molecule has 0 amide bonds. The molecule has 4 aliphatic rings. The molecule has 2 N–H and O–H groups in total. The van der Waals surface area contributed by atoms with Crippen molar-refractivity contribution in [1.82, 2.24) is 5.48 Å². The van der Waals surface area contributed by atoms with Gasteiger partial charge in [-0.25, -0.2) is 0 Å². The third kappa shape index (κ3) is 5.35. The molecule has 2 bridgehead atoms. The Hall–Kier alpha value is -0.656. The minimum Gasteiger partial charge on any atom is -0.414 e. The predicted molar refractivity (Wildman–Crippen MR) is 157 cm³/mol. The van der Waals surface area contributed by atoms with Crippen molar-refractivity contribution in [3.63, 3.8) is 0 Å². The average molecular weight is 642 g/mol. The summed E-state index contributed by atoms with van der Waals surface area (Å²) in [5.41, 5.74) is 3.71. The Morgan fingerprint density at radius 1 is 1.00 bits per heavy atom. The Kier molecular flexibility index (Phi) is 9.56. The molecule has 4 unspecified atom stereocenters. The molecular weight excluding hydrogens is 596 g/mol. The fraction of sp³-hybridized carbons (Fsp3) is 0.750. The summed E-state index contributed by atoms with van der Waals surface area (Å²) in [6.45, 7) is 17.7. The van der Waals surface area contributed by atoms with Gasteiger partial charge in [-0.1, -0.05) is 102 Å². The number of nitriles is 1. The molecule has 1 aliphatic carbocycles. The van der Waals surface area contributed by atoms with E-state index in [1.807, 2.05) is 30.3 Å². The van der Waals surface area contributed by atoms with E-state index in [-0.39, 0.29) is 35.2 Å². The minimum atomic E-state index is -2.97. The van der Waals surface area contributed by atoms with Crippen LogP contribution < -0.4 is 5.48 Å². The highest BCUT2D eigenvalue weighted by atomic mass is 79.9. The first-order chi connectivity index (χ1) is 18.3. The van der Waals surface area contributed by atoms with Crippen LogP contribution in [0.15, 0.2) is 30.3 Å². The standard InChI is InChI=1S/C28H45BrN2O6Si2/c1-17(2)38(18(3)4)35-26-25-24(29)22(15-30)28(14-23(32)34-25,31-33-16-21-12-10-9-11-13-21)27(26)36-39(37-38,19(5)6)20(7)8/h9-13,17-20,22-27,31-32H,14,16H2,1-8H3/t22-,23-,24?,25?,26-,27?,28?/m1/s1. The van der Waals surface area contributed by atoms with Crippen LogP contribution in [0.4, 0.5) is 0 Å². The van der Waals surface area contributed by atoms with E-state index in [2.05, 4.69) is 82.9 Å². The Labute approximate surface area is 244 Å². The van der Waals surface area contributed by atoms with Crippen molar-refractivity contribution in [3.8, 4) is 6.07 Å². The van der Waals surface area contributed by atoms with Crippen LogP contribution in [-0.4, -0.2) is 57.2 Å². The van der Waals surface area contributed by atoms with E-state index in [1.165, 1.54) is 0 Å². The number of nitrogens with zero attached hydrogens (tertiary/aromatic N) is 1. The van der Waals surface area contributed by atoms with Crippen molar-refractivity contribution >= 4 is 33.1 Å². The van der Waals surface area contributed by atoms with Crippen molar-refractivity contribution in [3.05, 3.63) is 35.9 Å². The van der Waals surface area contributed by atoms with Gasteiger partial charge in [0.05, 0.1) is 35.1 Å². The number of aliphatic hydroxyl groups excluding tert-OH is 1. The lowest BCUT2D eigenvalue weighted by molar-refractivity contribution is -0.163. The molecular formula is C28H45BrN2O6Si2. The van der Waals surface area contributed by atoms with Crippen LogP contribution in [0.3, 0.4) is 0 Å². The van der Waals surface area contributed by atoms with Crippen molar-refractivity contribution in [2.24, 2.45) is 5.92 Å². The van der Waals surface area contributed by atoms with E-state index >= 15 is 0 Å². The summed E-state index contributed by atoms with van der Waals surface area (Å²) in [5.74, 6) is -0.626. The molecule has 5 rings (SSSR count). The van der Waals surface area contributed by atoms with Crippen LogP contribution in [0, 0.1) is 17.2 Å². The molecule has 0 spiro atoms. The Morgan fingerprint density at radius 3 is 2.10 bits per heavy atom. The number of hydrogen-bond acceptors (Lipinski definition) is 8. The first-order valence-electron chi connectivity index (χ1n) is 14.2. The van der Waals surface area contributed by atoms with Gasteiger partial charge in [0.1, 0.15) is 12.2 Å². The molecule has 39 heavy (non-hydrogen) atoms. The molecule has 3 aliphatic heterocycles. The van der Waals surface area contributed by atoms with Crippen molar-refractivity contribution in [2.75, 3.05) is 0 Å². The van der Waals surface area contributed by atoms with Gasteiger partial charge in [0.25, 0.3) is 0 Å². The van der Waals surface area contributed by atoms with Crippen LogP contribution in [0.2, 0.25) is 22.2 Å². The lowest BCUT2D eigenvalue weighted by Gasteiger charge is -2.53. The summed E-state index contributed by atoms with van der Waals surface area (Å²) >= 11 is 3.80. The number of benzene rings is 1. The second-order valence-corrected chi connectivity index (χ2v) is 22.4. The van der Waals surface area contributed by atoms with Gasteiger partial charge in [0.2, 0.25) is 0 Å². The highest BCUT2D eigenvalue weighted by molar-refractivity contribution is 9.09. The average Bonchev–Trinajstić information content (AvgIpc) is 3.16. The molecule has 4 fully saturated rings. The third-order valence-electron chi connectivity index (χ3n) is 8.80. The van der Waals surface area contributed by atoms with E-state index in [0.717, 1.165) is 5.56 Å². The van der Waals surface area contributed by atoms with Crippen LogP contribution in [0.1, 0.15) is 67.4 Å². The maximum Gasteiger partial charge on any atom is 0.335 e. The van der Waals surface area contributed by atoms with E-state index < -0.39 is 58.0 Å². The fourth-order valence-electron chi connectivity index (χ4n) is 6.75. The number of hydroxylamine groups is 1. The zero-order valence-electron chi connectivity index (χ0n) is 24.4. The summed E-state index contributed by atoms with van der Waals surface area (Å²) in [5, 5.41) is 21.7. The maximum absolute atomic E-state index is 11.1. The fourth-order valence-corrected chi connectivity index (χ4v) is 19.1. The van der Waals surface area contributed by atoms with Gasteiger partial charge in [0.15, 0.2) is 6.29 Å². The number of alkyl halides is 1. The summed E-state index contributed by atoms with van der Waals surface area (Å²) in [6, 6.07) is 12.4. The van der Waals surface area contributed by atoms with Gasteiger partial charge in [-0.3, -0.25) is 4.84 Å². The van der Waals surface area contributed by atoms with Crippen LogP contribution in [0.5, 0.6) is 0 Å². The highest BCUT2D eigenvalue weighted by Crippen LogP contribution is 2.55.